The van der Waals surface area contributed by atoms with Gasteiger partial charge in [-0.1, -0.05) is 55.5 Å². The molecule has 3 rings (SSSR count). The molecule has 0 fully saturated rings. The Kier molecular flexibility index (Phi) is 7.78. The molecule has 27 heavy (non-hydrogen) atoms. The third kappa shape index (κ3) is 4.86. The monoisotopic (exact) mass is 403 g/mol. The summed E-state index contributed by atoms with van der Waals surface area (Å²) in [4.78, 5) is 22.1. The first kappa shape index (κ1) is 21.4. The molecule has 0 saturated heterocycles. The Morgan fingerprint density at radius 3 is 2.33 bits per heavy atom. The Bertz CT molecular complexity index is 878. The fraction of sp³-hybridized carbons (Fsp3) is 0.333. The molecular formula is C21H26ClN3OS. The number of para-hydroxylation sites is 1. The summed E-state index contributed by atoms with van der Waals surface area (Å²) in [5, 5.41) is 0.773. The highest BCUT2D eigenvalue weighted by Crippen LogP contribution is 2.31. The number of rotatable bonds is 7. The van der Waals surface area contributed by atoms with Gasteiger partial charge in [-0.05, 0) is 43.8 Å². The van der Waals surface area contributed by atoms with Crippen molar-refractivity contribution in [1.82, 2.24) is 9.88 Å². The van der Waals surface area contributed by atoms with E-state index in [1.165, 1.54) is 0 Å². The van der Waals surface area contributed by atoms with Crippen molar-refractivity contribution >= 4 is 45.0 Å². The van der Waals surface area contributed by atoms with Crippen LogP contribution in [0, 0.1) is 6.92 Å². The van der Waals surface area contributed by atoms with Gasteiger partial charge in [0.2, 0.25) is 0 Å². The molecule has 4 nitrogen and oxygen atoms in total. The maximum absolute atomic E-state index is 13.2. The predicted octanol–water partition coefficient (Wildman–Crippen LogP) is 5.02. The van der Waals surface area contributed by atoms with Crippen LogP contribution in [0.5, 0.6) is 0 Å². The third-order valence-corrected chi connectivity index (χ3v) is 5.68. The molecule has 0 aliphatic rings. The largest absolute Gasteiger partial charge is 0.302 e. The molecule has 0 saturated carbocycles. The van der Waals surface area contributed by atoms with Gasteiger partial charge in [0, 0.05) is 18.7 Å². The zero-order chi connectivity index (χ0) is 18.5. The summed E-state index contributed by atoms with van der Waals surface area (Å²) in [6.07, 6.45) is 0. The van der Waals surface area contributed by atoms with Gasteiger partial charge in [-0.15, -0.1) is 12.4 Å². The average Bonchev–Trinajstić information content (AvgIpc) is 3.11. The van der Waals surface area contributed by atoms with E-state index in [2.05, 4.69) is 37.8 Å². The maximum Gasteiger partial charge on any atom is 0.260 e. The van der Waals surface area contributed by atoms with E-state index in [0.717, 1.165) is 40.5 Å². The number of nitrogens with zero attached hydrogens (tertiary/aromatic N) is 3. The van der Waals surface area contributed by atoms with Crippen LogP contribution in [0.4, 0.5) is 5.13 Å². The lowest BCUT2D eigenvalue weighted by Gasteiger charge is -2.24. The smallest absolute Gasteiger partial charge is 0.260 e. The number of likely N-dealkylation sites (N-methyl/N-ethyl adjacent to an activating group) is 1. The minimum absolute atomic E-state index is 0. The summed E-state index contributed by atoms with van der Waals surface area (Å²) < 4.78 is 1.12. The van der Waals surface area contributed by atoms with E-state index in [9.17, 15) is 4.79 Å². The number of carbonyl (C=O) groups is 1. The van der Waals surface area contributed by atoms with Gasteiger partial charge in [0.05, 0.1) is 10.2 Å². The Morgan fingerprint density at radius 1 is 1.00 bits per heavy atom. The molecule has 0 bridgehead atoms. The van der Waals surface area contributed by atoms with Crippen molar-refractivity contribution in [2.24, 2.45) is 0 Å². The second kappa shape index (κ2) is 9.83. The van der Waals surface area contributed by atoms with Gasteiger partial charge in [0.1, 0.15) is 0 Å². The van der Waals surface area contributed by atoms with Gasteiger partial charge in [0.25, 0.3) is 5.91 Å². The fourth-order valence-electron chi connectivity index (χ4n) is 2.99. The zero-order valence-corrected chi connectivity index (χ0v) is 17.6. The summed E-state index contributed by atoms with van der Waals surface area (Å²) in [6, 6.07) is 15.6. The molecule has 0 spiro atoms. The van der Waals surface area contributed by atoms with E-state index in [1.54, 1.807) is 11.3 Å². The second-order valence-corrected chi connectivity index (χ2v) is 7.28. The van der Waals surface area contributed by atoms with Crippen LogP contribution in [0.3, 0.4) is 0 Å². The lowest BCUT2D eigenvalue weighted by Crippen LogP contribution is -2.38. The molecule has 0 aliphatic heterocycles. The van der Waals surface area contributed by atoms with Gasteiger partial charge >= 0.3 is 0 Å². The Hall–Kier alpha value is -1.95. The number of benzene rings is 2. The summed E-state index contributed by atoms with van der Waals surface area (Å²) in [7, 11) is 0. The van der Waals surface area contributed by atoms with Crippen molar-refractivity contribution in [3.63, 3.8) is 0 Å². The van der Waals surface area contributed by atoms with Crippen molar-refractivity contribution in [3.8, 4) is 0 Å². The van der Waals surface area contributed by atoms with Gasteiger partial charge < -0.3 is 4.90 Å². The van der Waals surface area contributed by atoms with Crippen LogP contribution in [-0.4, -0.2) is 42.0 Å². The minimum atomic E-state index is 0. The van der Waals surface area contributed by atoms with Gasteiger partial charge in [-0.25, -0.2) is 4.98 Å². The maximum atomic E-state index is 13.2. The first-order chi connectivity index (χ1) is 12.6. The van der Waals surface area contributed by atoms with Gasteiger partial charge in [-0.2, -0.15) is 0 Å². The lowest BCUT2D eigenvalue weighted by molar-refractivity contribution is 0.0984. The first-order valence-electron chi connectivity index (χ1n) is 9.09. The number of hydrogen-bond acceptors (Lipinski definition) is 4. The normalized spacial score (nSPS) is 10.8. The van der Waals surface area contributed by atoms with E-state index in [-0.39, 0.29) is 18.3 Å². The zero-order valence-electron chi connectivity index (χ0n) is 16.0. The fourth-order valence-corrected chi connectivity index (χ4v) is 4.06. The Labute approximate surface area is 171 Å². The quantitative estimate of drug-likeness (QED) is 0.556. The van der Waals surface area contributed by atoms with E-state index in [0.29, 0.717) is 12.1 Å². The number of anilines is 1. The summed E-state index contributed by atoms with van der Waals surface area (Å²) >= 11 is 1.58. The van der Waals surface area contributed by atoms with E-state index < -0.39 is 0 Å². The van der Waals surface area contributed by atoms with Gasteiger partial charge in [0.15, 0.2) is 5.13 Å². The highest BCUT2D eigenvalue weighted by molar-refractivity contribution is 7.22. The van der Waals surface area contributed by atoms with Crippen LogP contribution in [0.15, 0.2) is 48.5 Å². The molecule has 6 heteroatoms. The molecule has 0 unspecified atom stereocenters. The van der Waals surface area contributed by atoms with Crippen molar-refractivity contribution in [2.45, 2.75) is 20.8 Å². The minimum Gasteiger partial charge on any atom is -0.302 e. The van der Waals surface area contributed by atoms with Gasteiger partial charge in [-0.3, -0.25) is 9.69 Å². The average molecular weight is 404 g/mol. The van der Waals surface area contributed by atoms with Crippen LogP contribution >= 0.6 is 23.7 Å². The lowest BCUT2D eigenvalue weighted by atomic mass is 10.2. The Balaban J connectivity index is 0.00000261. The highest BCUT2D eigenvalue weighted by Gasteiger charge is 2.22. The topological polar surface area (TPSA) is 36.4 Å². The summed E-state index contributed by atoms with van der Waals surface area (Å²) in [6.45, 7) is 9.77. The summed E-state index contributed by atoms with van der Waals surface area (Å²) in [5.41, 5.74) is 2.82. The molecule has 3 aromatic rings. The molecular weight excluding hydrogens is 378 g/mol. The van der Waals surface area contributed by atoms with E-state index >= 15 is 0 Å². The first-order valence-corrected chi connectivity index (χ1v) is 9.91. The molecule has 1 amide bonds. The number of amides is 1. The molecule has 144 valence electrons. The SMILES string of the molecule is CCN(CC)CCN(C(=O)c1ccccc1)c1nc2c(C)cccc2s1.Cl. The molecule has 0 atom stereocenters. The van der Waals surface area contributed by atoms with Crippen LogP contribution in [0.25, 0.3) is 10.2 Å². The molecule has 1 aromatic heterocycles. The van der Waals surface area contributed by atoms with Crippen molar-refractivity contribution in [1.29, 1.82) is 0 Å². The highest BCUT2D eigenvalue weighted by atomic mass is 35.5. The molecule has 2 aromatic carbocycles. The van der Waals surface area contributed by atoms with Crippen LogP contribution in [0.2, 0.25) is 0 Å². The number of carbonyl (C=O) groups excluding carboxylic acids is 1. The van der Waals surface area contributed by atoms with E-state index in [4.69, 9.17) is 4.98 Å². The second-order valence-electron chi connectivity index (χ2n) is 6.27. The summed E-state index contributed by atoms with van der Waals surface area (Å²) in [5.74, 6) is 0.00876. The number of fused-ring (bicyclic) bond motifs is 1. The molecule has 0 N–H and O–H groups in total. The third-order valence-electron chi connectivity index (χ3n) is 4.64. The molecule has 1 heterocycles. The number of hydrogen-bond donors (Lipinski definition) is 0. The number of thiazole rings is 1. The van der Waals surface area contributed by atoms with Crippen molar-refractivity contribution in [3.05, 3.63) is 59.7 Å². The van der Waals surface area contributed by atoms with E-state index in [1.807, 2.05) is 41.3 Å². The number of aromatic nitrogens is 1. The van der Waals surface area contributed by atoms with Crippen LogP contribution < -0.4 is 4.90 Å². The standard InChI is InChI=1S/C21H25N3OS.ClH/c1-4-23(5-2)14-15-24(20(25)17-11-7-6-8-12-17)21-22-19-16(3)10-9-13-18(19)26-21;/h6-13H,4-5,14-15H2,1-3H3;1H. The van der Waals surface area contributed by atoms with Crippen LogP contribution in [-0.2, 0) is 0 Å². The van der Waals surface area contributed by atoms with Crippen LogP contribution in [0.1, 0.15) is 29.8 Å². The van der Waals surface area contributed by atoms with Crippen molar-refractivity contribution in [2.75, 3.05) is 31.1 Å². The number of aryl methyl sites for hydroxylation is 1. The molecule has 0 radical (unpaired) electrons. The Morgan fingerprint density at radius 2 is 1.70 bits per heavy atom. The predicted molar refractivity (Wildman–Crippen MR) is 118 cm³/mol. The van der Waals surface area contributed by atoms with Crippen molar-refractivity contribution < 1.29 is 4.79 Å². The molecule has 0 aliphatic carbocycles. The number of halogens is 1.